The third-order valence-electron chi connectivity index (χ3n) is 4.61. The van der Waals surface area contributed by atoms with Gasteiger partial charge in [-0.3, -0.25) is 14.4 Å². The van der Waals surface area contributed by atoms with Crippen LogP contribution in [0.15, 0.2) is 47.1 Å². The van der Waals surface area contributed by atoms with E-state index >= 15 is 0 Å². The van der Waals surface area contributed by atoms with E-state index in [1.807, 2.05) is 24.3 Å². The van der Waals surface area contributed by atoms with Gasteiger partial charge in [-0.05, 0) is 36.2 Å². The lowest BCUT2D eigenvalue weighted by atomic mass is 10.1. The molecule has 3 amide bonds. The van der Waals surface area contributed by atoms with Crippen LogP contribution in [0.2, 0.25) is 0 Å². The van der Waals surface area contributed by atoms with Gasteiger partial charge in [0.1, 0.15) is 5.75 Å². The lowest BCUT2D eigenvalue weighted by Crippen LogP contribution is -2.53. The number of methoxy groups -OCH3 is 1. The fourth-order valence-electron chi connectivity index (χ4n) is 3.04. The molecule has 2 aromatic rings. The summed E-state index contributed by atoms with van der Waals surface area (Å²) in [5.74, 6) is -0.388. The van der Waals surface area contributed by atoms with Crippen molar-refractivity contribution < 1.29 is 23.5 Å². The van der Waals surface area contributed by atoms with Gasteiger partial charge in [-0.1, -0.05) is 12.1 Å². The van der Waals surface area contributed by atoms with Crippen molar-refractivity contribution in [3.63, 3.8) is 0 Å². The Bertz CT molecular complexity index is 826. The van der Waals surface area contributed by atoms with Gasteiger partial charge >= 0.3 is 11.8 Å². The standard InChI is InChI=1S/C20H23N3O5/c1-27-16-5-2-4-15(14-16)7-8-21-18(24)20(26)23-11-9-22(10-12-23)19(25)17-6-3-13-28-17/h2-6,13-14H,7-12H2,1H3,(H,21,24). The summed E-state index contributed by atoms with van der Waals surface area (Å²) >= 11 is 0. The van der Waals surface area contributed by atoms with Gasteiger partial charge in [0.05, 0.1) is 13.4 Å². The maximum atomic E-state index is 12.3. The zero-order chi connectivity index (χ0) is 19.9. The molecule has 0 radical (unpaired) electrons. The molecule has 148 valence electrons. The van der Waals surface area contributed by atoms with Crippen LogP contribution in [-0.4, -0.2) is 67.4 Å². The second kappa shape index (κ2) is 9.07. The molecule has 8 heteroatoms. The third kappa shape index (κ3) is 4.70. The number of nitrogens with one attached hydrogen (secondary N) is 1. The van der Waals surface area contributed by atoms with Gasteiger partial charge in [-0.2, -0.15) is 0 Å². The number of furan rings is 1. The minimum atomic E-state index is -0.631. The van der Waals surface area contributed by atoms with Gasteiger partial charge in [0.15, 0.2) is 5.76 Å². The van der Waals surface area contributed by atoms with Gasteiger partial charge in [0.2, 0.25) is 0 Å². The maximum Gasteiger partial charge on any atom is 0.312 e. The number of hydrogen-bond acceptors (Lipinski definition) is 5. The average molecular weight is 385 g/mol. The molecule has 3 rings (SSSR count). The Balaban J connectivity index is 1.43. The van der Waals surface area contributed by atoms with Crippen LogP contribution in [0.25, 0.3) is 0 Å². The Hall–Kier alpha value is -3.29. The van der Waals surface area contributed by atoms with Crippen molar-refractivity contribution in [3.05, 3.63) is 54.0 Å². The molecule has 8 nitrogen and oxygen atoms in total. The van der Waals surface area contributed by atoms with Gasteiger partial charge in [0.25, 0.3) is 5.91 Å². The van der Waals surface area contributed by atoms with E-state index in [-0.39, 0.29) is 11.7 Å². The highest BCUT2D eigenvalue weighted by atomic mass is 16.5. The van der Waals surface area contributed by atoms with Crippen LogP contribution in [0.1, 0.15) is 16.1 Å². The number of rotatable bonds is 5. The van der Waals surface area contributed by atoms with Gasteiger partial charge in [-0.25, -0.2) is 0 Å². The minimum absolute atomic E-state index is 0.208. The molecular formula is C20H23N3O5. The number of carbonyl (C=O) groups is 3. The Morgan fingerprint density at radius 3 is 2.50 bits per heavy atom. The smallest absolute Gasteiger partial charge is 0.312 e. The number of amides is 3. The molecule has 1 N–H and O–H groups in total. The molecular weight excluding hydrogens is 362 g/mol. The van der Waals surface area contributed by atoms with Crippen molar-refractivity contribution in [1.29, 1.82) is 0 Å². The molecule has 0 aliphatic carbocycles. The molecule has 0 unspecified atom stereocenters. The summed E-state index contributed by atoms with van der Waals surface area (Å²) in [6.45, 7) is 1.71. The number of piperazine rings is 1. The lowest BCUT2D eigenvalue weighted by molar-refractivity contribution is -0.146. The quantitative estimate of drug-likeness (QED) is 0.773. The predicted molar refractivity (Wildman–Crippen MR) is 101 cm³/mol. The monoisotopic (exact) mass is 385 g/mol. The molecule has 0 bridgehead atoms. The van der Waals surface area contributed by atoms with Crippen LogP contribution < -0.4 is 10.1 Å². The molecule has 1 aliphatic rings. The third-order valence-corrected chi connectivity index (χ3v) is 4.61. The highest BCUT2D eigenvalue weighted by Gasteiger charge is 2.28. The van der Waals surface area contributed by atoms with Crippen molar-refractivity contribution in [3.8, 4) is 5.75 Å². The Labute approximate surface area is 163 Å². The molecule has 1 saturated heterocycles. The predicted octanol–water partition coefficient (Wildman–Crippen LogP) is 0.931. The van der Waals surface area contributed by atoms with Crippen molar-refractivity contribution in [2.45, 2.75) is 6.42 Å². The van der Waals surface area contributed by atoms with Crippen LogP contribution in [-0.2, 0) is 16.0 Å². The molecule has 2 heterocycles. The van der Waals surface area contributed by atoms with Crippen molar-refractivity contribution >= 4 is 17.7 Å². The van der Waals surface area contributed by atoms with E-state index in [0.717, 1.165) is 11.3 Å². The van der Waals surface area contributed by atoms with E-state index in [2.05, 4.69) is 5.32 Å². The zero-order valence-electron chi connectivity index (χ0n) is 15.7. The molecule has 0 spiro atoms. The second-order valence-corrected chi connectivity index (χ2v) is 6.42. The van der Waals surface area contributed by atoms with E-state index in [1.54, 1.807) is 24.1 Å². The van der Waals surface area contributed by atoms with Gasteiger partial charge < -0.3 is 24.3 Å². The number of carbonyl (C=O) groups excluding carboxylic acids is 3. The Kier molecular flexibility index (Phi) is 6.31. The fourth-order valence-corrected chi connectivity index (χ4v) is 3.04. The summed E-state index contributed by atoms with van der Waals surface area (Å²) in [6.07, 6.45) is 2.05. The number of nitrogens with zero attached hydrogens (tertiary/aromatic N) is 2. The van der Waals surface area contributed by atoms with Crippen LogP contribution in [0, 0.1) is 0 Å². The van der Waals surface area contributed by atoms with Crippen molar-refractivity contribution in [2.75, 3.05) is 39.8 Å². The van der Waals surface area contributed by atoms with Crippen molar-refractivity contribution in [1.82, 2.24) is 15.1 Å². The van der Waals surface area contributed by atoms with Crippen LogP contribution in [0.5, 0.6) is 5.75 Å². The van der Waals surface area contributed by atoms with Gasteiger partial charge in [0, 0.05) is 32.7 Å². The van der Waals surface area contributed by atoms with E-state index < -0.39 is 11.8 Å². The molecule has 1 fully saturated rings. The average Bonchev–Trinajstić information content (AvgIpc) is 3.28. The number of hydrogen-bond donors (Lipinski definition) is 1. The fraction of sp³-hybridized carbons (Fsp3) is 0.350. The summed E-state index contributed by atoms with van der Waals surface area (Å²) in [7, 11) is 1.60. The largest absolute Gasteiger partial charge is 0.497 e. The van der Waals surface area contributed by atoms with E-state index in [4.69, 9.17) is 9.15 Å². The number of benzene rings is 1. The SMILES string of the molecule is COc1cccc(CCNC(=O)C(=O)N2CCN(C(=O)c3ccco3)CC2)c1. The molecule has 28 heavy (non-hydrogen) atoms. The molecule has 0 saturated carbocycles. The zero-order valence-corrected chi connectivity index (χ0v) is 15.7. The second-order valence-electron chi connectivity index (χ2n) is 6.42. The normalized spacial score (nSPS) is 13.9. The minimum Gasteiger partial charge on any atom is -0.497 e. The van der Waals surface area contributed by atoms with E-state index in [9.17, 15) is 14.4 Å². The molecule has 1 aromatic heterocycles. The highest BCUT2D eigenvalue weighted by Crippen LogP contribution is 2.13. The van der Waals surface area contributed by atoms with Crippen LogP contribution in [0.4, 0.5) is 0 Å². The van der Waals surface area contributed by atoms with Gasteiger partial charge in [-0.15, -0.1) is 0 Å². The van der Waals surface area contributed by atoms with E-state index in [0.29, 0.717) is 39.1 Å². The van der Waals surface area contributed by atoms with E-state index in [1.165, 1.54) is 11.2 Å². The first kappa shape index (κ1) is 19.5. The Morgan fingerprint density at radius 2 is 1.82 bits per heavy atom. The molecule has 0 atom stereocenters. The summed E-state index contributed by atoms with van der Waals surface area (Å²) in [5.41, 5.74) is 1.01. The van der Waals surface area contributed by atoms with Crippen molar-refractivity contribution in [2.24, 2.45) is 0 Å². The highest BCUT2D eigenvalue weighted by molar-refractivity contribution is 6.35. The summed E-state index contributed by atoms with van der Waals surface area (Å²) in [5, 5.41) is 2.66. The first-order valence-corrected chi connectivity index (χ1v) is 9.11. The topological polar surface area (TPSA) is 92.1 Å². The first-order chi connectivity index (χ1) is 13.6. The van der Waals surface area contributed by atoms with Crippen LogP contribution >= 0.6 is 0 Å². The maximum absolute atomic E-state index is 12.3. The summed E-state index contributed by atoms with van der Waals surface area (Å²) in [6, 6.07) is 10.8. The lowest BCUT2D eigenvalue weighted by Gasteiger charge is -2.33. The first-order valence-electron chi connectivity index (χ1n) is 9.11. The summed E-state index contributed by atoms with van der Waals surface area (Å²) in [4.78, 5) is 39.8. The molecule has 1 aliphatic heterocycles. The summed E-state index contributed by atoms with van der Waals surface area (Å²) < 4.78 is 10.3. The molecule has 1 aromatic carbocycles. The van der Waals surface area contributed by atoms with Crippen LogP contribution in [0.3, 0.4) is 0 Å². The Morgan fingerprint density at radius 1 is 1.07 bits per heavy atom. The number of ether oxygens (including phenoxy) is 1.